The van der Waals surface area contributed by atoms with Crippen LogP contribution in [0.2, 0.25) is 5.02 Å². The smallest absolute Gasteiger partial charge is 0.189 e. The van der Waals surface area contributed by atoms with Crippen LogP contribution in [-0.4, -0.2) is 41.0 Å². The molecule has 120 valence electrons. The van der Waals surface area contributed by atoms with E-state index < -0.39 is 0 Å². The SMILES string of the molecule is Clc1ccc2nc(NC3=NOC4(C3)CN3CCC4CC3)sc2c1. The molecule has 0 aliphatic carbocycles. The van der Waals surface area contributed by atoms with Gasteiger partial charge in [-0.25, -0.2) is 4.98 Å². The zero-order chi connectivity index (χ0) is 15.4. The Morgan fingerprint density at radius 3 is 3.00 bits per heavy atom. The molecule has 1 aromatic carbocycles. The molecule has 4 aliphatic rings. The monoisotopic (exact) mass is 348 g/mol. The average Bonchev–Trinajstić information content (AvgIpc) is 3.12. The summed E-state index contributed by atoms with van der Waals surface area (Å²) < 4.78 is 1.08. The standard InChI is InChI=1S/C16H17ClN4OS/c17-11-1-2-12-13(7-11)23-15(18-12)19-14-8-16(22-20-14)9-21-5-3-10(16)4-6-21/h1-2,7,10H,3-6,8-9H2,(H,18,19,20). The molecule has 2 aromatic rings. The highest BCUT2D eigenvalue weighted by Gasteiger charge is 2.52. The van der Waals surface area contributed by atoms with Gasteiger partial charge in [0.1, 0.15) is 0 Å². The lowest BCUT2D eigenvalue weighted by Gasteiger charge is -2.49. The molecule has 0 radical (unpaired) electrons. The number of nitrogens with one attached hydrogen (secondary N) is 1. The molecular weight excluding hydrogens is 332 g/mol. The van der Waals surface area contributed by atoms with E-state index in [1.165, 1.54) is 25.9 Å². The largest absolute Gasteiger partial charge is 0.386 e. The number of hydrogen-bond acceptors (Lipinski definition) is 6. The van der Waals surface area contributed by atoms with Gasteiger partial charge in [0.25, 0.3) is 0 Å². The van der Waals surface area contributed by atoms with Gasteiger partial charge < -0.3 is 10.2 Å². The number of benzene rings is 1. The van der Waals surface area contributed by atoms with Crippen LogP contribution in [0.5, 0.6) is 0 Å². The number of nitrogens with zero attached hydrogens (tertiary/aromatic N) is 3. The molecular formula is C16H17ClN4OS. The van der Waals surface area contributed by atoms with E-state index in [0.717, 1.165) is 39.2 Å². The van der Waals surface area contributed by atoms with Crippen LogP contribution < -0.4 is 5.32 Å². The van der Waals surface area contributed by atoms with Crippen LogP contribution in [0.15, 0.2) is 23.4 Å². The van der Waals surface area contributed by atoms with E-state index in [-0.39, 0.29) is 5.60 Å². The van der Waals surface area contributed by atoms with Crippen molar-refractivity contribution in [1.29, 1.82) is 0 Å². The zero-order valence-corrected chi connectivity index (χ0v) is 14.2. The second kappa shape index (κ2) is 5.06. The number of aromatic nitrogens is 1. The van der Waals surface area contributed by atoms with Gasteiger partial charge in [0.15, 0.2) is 16.6 Å². The number of thiazole rings is 1. The van der Waals surface area contributed by atoms with E-state index in [9.17, 15) is 0 Å². The lowest BCUT2D eigenvalue weighted by Crippen LogP contribution is -2.59. The normalized spacial score (nSPS) is 32.3. The molecule has 3 fully saturated rings. The third-order valence-corrected chi connectivity index (χ3v) is 6.40. The summed E-state index contributed by atoms with van der Waals surface area (Å²) in [5, 5.41) is 9.27. The summed E-state index contributed by atoms with van der Waals surface area (Å²) in [5.74, 6) is 1.52. The van der Waals surface area contributed by atoms with Gasteiger partial charge in [-0.2, -0.15) is 0 Å². The van der Waals surface area contributed by atoms with Crippen LogP contribution in [0.25, 0.3) is 10.2 Å². The molecule has 3 saturated heterocycles. The highest BCUT2D eigenvalue weighted by molar-refractivity contribution is 7.22. The van der Waals surface area contributed by atoms with E-state index >= 15 is 0 Å². The van der Waals surface area contributed by atoms with E-state index in [2.05, 4.69) is 20.4 Å². The quantitative estimate of drug-likeness (QED) is 0.856. The van der Waals surface area contributed by atoms with Crippen LogP contribution in [0.3, 0.4) is 0 Å². The van der Waals surface area contributed by atoms with Crippen molar-refractivity contribution in [3.63, 3.8) is 0 Å². The lowest BCUT2D eigenvalue weighted by atomic mass is 9.73. The highest BCUT2D eigenvalue weighted by Crippen LogP contribution is 2.43. The Kier molecular flexibility index (Phi) is 3.08. The molecule has 23 heavy (non-hydrogen) atoms. The number of fused-ring (bicyclic) bond motifs is 3. The number of anilines is 1. The van der Waals surface area contributed by atoms with E-state index in [1.54, 1.807) is 11.3 Å². The van der Waals surface area contributed by atoms with Gasteiger partial charge in [0, 0.05) is 17.5 Å². The molecule has 1 aromatic heterocycles. The van der Waals surface area contributed by atoms with Gasteiger partial charge in [0.2, 0.25) is 0 Å². The fraction of sp³-hybridized carbons (Fsp3) is 0.500. The predicted molar refractivity (Wildman–Crippen MR) is 93.3 cm³/mol. The zero-order valence-electron chi connectivity index (χ0n) is 12.6. The summed E-state index contributed by atoms with van der Waals surface area (Å²) in [6.45, 7) is 3.41. The van der Waals surface area contributed by atoms with Gasteiger partial charge in [-0.15, -0.1) is 0 Å². The summed E-state index contributed by atoms with van der Waals surface area (Å²) in [6, 6.07) is 5.76. The van der Waals surface area contributed by atoms with Crippen molar-refractivity contribution in [2.75, 3.05) is 25.0 Å². The predicted octanol–water partition coefficient (Wildman–Crippen LogP) is 3.56. The van der Waals surface area contributed by atoms with Gasteiger partial charge >= 0.3 is 0 Å². The summed E-state index contributed by atoms with van der Waals surface area (Å²) >= 11 is 7.64. The number of piperidine rings is 3. The summed E-state index contributed by atoms with van der Waals surface area (Å²) in [6.07, 6.45) is 3.30. The van der Waals surface area contributed by atoms with Gasteiger partial charge in [0.05, 0.1) is 16.6 Å². The van der Waals surface area contributed by atoms with Crippen molar-refractivity contribution in [2.24, 2.45) is 11.1 Å². The van der Waals surface area contributed by atoms with Gasteiger partial charge in [-0.1, -0.05) is 28.1 Å². The minimum Gasteiger partial charge on any atom is -0.386 e. The first-order chi connectivity index (χ1) is 11.2. The van der Waals surface area contributed by atoms with Gasteiger partial charge in [-0.3, -0.25) is 4.90 Å². The van der Waals surface area contributed by atoms with Crippen LogP contribution in [0.1, 0.15) is 19.3 Å². The molecule has 1 unspecified atom stereocenters. The molecule has 7 heteroatoms. The summed E-state index contributed by atoms with van der Waals surface area (Å²) in [4.78, 5) is 13.0. The first-order valence-electron chi connectivity index (χ1n) is 8.01. The Morgan fingerprint density at radius 2 is 2.22 bits per heavy atom. The van der Waals surface area contributed by atoms with Crippen molar-refractivity contribution in [3.8, 4) is 0 Å². The van der Waals surface area contributed by atoms with Crippen molar-refractivity contribution in [2.45, 2.75) is 24.9 Å². The molecule has 0 amide bonds. The minimum absolute atomic E-state index is 0.112. The Morgan fingerprint density at radius 1 is 1.35 bits per heavy atom. The number of amidine groups is 1. The molecule has 2 bridgehead atoms. The Labute approximate surface area is 143 Å². The number of oxime groups is 1. The van der Waals surface area contributed by atoms with Crippen LogP contribution >= 0.6 is 22.9 Å². The molecule has 1 spiro atoms. The van der Waals surface area contributed by atoms with Crippen LogP contribution in [-0.2, 0) is 4.84 Å². The molecule has 0 saturated carbocycles. The second-order valence-corrected chi connectivity index (χ2v) is 8.14. The highest BCUT2D eigenvalue weighted by atomic mass is 35.5. The topological polar surface area (TPSA) is 49.8 Å². The molecule has 6 rings (SSSR count). The maximum absolute atomic E-state index is 6.04. The molecule has 1 atom stereocenters. The van der Waals surface area contributed by atoms with Crippen LogP contribution in [0.4, 0.5) is 5.13 Å². The molecule has 4 aliphatic heterocycles. The fourth-order valence-electron chi connectivity index (χ4n) is 4.06. The summed E-state index contributed by atoms with van der Waals surface area (Å²) in [5.41, 5.74) is 0.845. The Bertz CT molecular complexity index is 798. The van der Waals surface area contributed by atoms with E-state index in [4.69, 9.17) is 16.4 Å². The first-order valence-corrected chi connectivity index (χ1v) is 9.20. The van der Waals surface area contributed by atoms with Crippen molar-refractivity contribution in [3.05, 3.63) is 23.2 Å². The van der Waals surface area contributed by atoms with Crippen molar-refractivity contribution in [1.82, 2.24) is 9.88 Å². The van der Waals surface area contributed by atoms with Gasteiger partial charge in [-0.05, 0) is 44.1 Å². The number of halogens is 1. The summed E-state index contributed by atoms with van der Waals surface area (Å²) in [7, 11) is 0. The van der Waals surface area contributed by atoms with E-state index in [1.807, 2.05) is 18.2 Å². The third-order valence-electron chi connectivity index (χ3n) is 5.23. The van der Waals surface area contributed by atoms with Crippen molar-refractivity contribution < 1.29 is 4.84 Å². The minimum atomic E-state index is -0.112. The van der Waals surface area contributed by atoms with E-state index in [0.29, 0.717) is 5.92 Å². The Hall–Kier alpha value is -1.37. The average molecular weight is 349 g/mol. The van der Waals surface area contributed by atoms with Crippen molar-refractivity contribution >= 4 is 44.1 Å². The molecule has 1 N–H and O–H groups in total. The Balaban J connectivity index is 1.35. The fourth-order valence-corrected chi connectivity index (χ4v) is 5.23. The molecule has 5 heterocycles. The third kappa shape index (κ3) is 2.31. The number of rotatable bonds is 1. The maximum Gasteiger partial charge on any atom is 0.189 e. The van der Waals surface area contributed by atoms with Crippen LogP contribution in [0, 0.1) is 5.92 Å². The molecule has 5 nitrogen and oxygen atoms in total. The second-order valence-electron chi connectivity index (χ2n) is 6.68. The number of hydrogen-bond donors (Lipinski definition) is 1. The first kappa shape index (κ1) is 14.0. The maximum atomic E-state index is 6.04. The lowest BCUT2D eigenvalue weighted by molar-refractivity contribution is -0.136.